The van der Waals surface area contributed by atoms with Crippen LogP contribution in [0.3, 0.4) is 0 Å². The Morgan fingerprint density at radius 2 is 1.20 bits per heavy atom. The maximum Gasteiger partial charge on any atom is 0.389 e. The third kappa shape index (κ3) is 5.99. The van der Waals surface area contributed by atoms with Gasteiger partial charge in [0, 0.05) is 12.3 Å². The Bertz CT molecular complexity index is 1000. The van der Waals surface area contributed by atoms with E-state index in [1.165, 1.54) is 0 Å². The van der Waals surface area contributed by atoms with Crippen LogP contribution >= 0.6 is 0 Å². The second-order valence-corrected chi connectivity index (χ2v) is 6.98. The molecule has 0 aliphatic heterocycles. The van der Waals surface area contributed by atoms with Crippen molar-refractivity contribution in [1.29, 1.82) is 0 Å². The molecular weight excluding hydrogens is 372 g/mol. The van der Waals surface area contributed by atoms with Gasteiger partial charge in [0.25, 0.3) is 0 Å². The first-order chi connectivity index (χ1) is 14.7. The van der Waals surface area contributed by atoms with Gasteiger partial charge in [0.15, 0.2) is 0 Å². The first-order valence-corrected chi connectivity index (χ1v) is 10.2. The summed E-state index contributed by atoms with van der Waals surface area (Å²) in [6.07, 6.45) is 4.02. The molecule has 152 valence electrons. The van der Waals surface area contributed by atoms with E-state index in [1.807, 2.05) is 36.4 Å². The number of methoxy groups -OCH3 is 1. The highest BCUT2D eigenvalue weighted by atomic mass is 16.5. The summed E-state index contributed by atoms with van der Waals surface area (Å²) in [5, 5.41) is 0. The van der Waals surface area contributed by atoms with Gasteiger partial charge in [0.2, 0.25) is 0 Å². The summed E-state index contributed by atoms with van der Waals surface area (Å²) in [5.41, 5.74) is 4.44. The molecule has 0 aliphatic carbocycles. The molecule has 0 heterocycles. The number of hydrogen-bond donors (Lipinski definition) is 0. The average Bonchev–Trinajstić information content (AvgIpc) is 2.80. The van der Waals surface area contributed by atoms with Gasteiger partial charge in [-0.05, 0) is 52.9 Å². The van der Waals surface area contributed by atoms with E-state index >= 15 is 0 Å². The van der Waals surface area contributed by atoms with Gasteiger partial charge in [-0.2, -0.15) is 0 Å². The molecular formula is C27H26O3. The highest BCUT2D eigenvalue weighted by Crippen LogP contribution is 2.27. The summed E-state index contributed by atoms with van der Waals surface area (Å²) < 4.78 is 10.5. The Balaban J connectivity index is 1.61. The van der Waals surface area contributed by atoms with E-state index in [9.17, 15) is 4.79 Å². The van der Waals surface area contributed by atoms with E-state index < -0.39 is 5.97 Å². The predicted molar refractivity (Wildman–Crippen MR) is 121 cm³/mol. The van der Waals surface area contributed by atoms with Crippen molar-refractivity contribution in [2.45, 2.75) is 32.6 Å². The molecule has 0 aliphatic rings. The van der Waals surface area contributed by atoms with Crippen molar-refractivity contribution in [2.75, 3.05) is 7.11 Å². The molecule has 3 nitrogen and oxygen atoms in total. The molecule has 0 amide bonds. The maximum atomic E-state index is 11.8. The van der Waals surface area contributed by atoms with Crippen molar-refractivity contribution in [3.05, 3.63) is 72.8 Å². The fraction of sp³-hybridized carbons (Fsp3) is 0.222. The van der Waals surface area contributed by atoms with E-state index in [-0.39, 0.29) is 0 Å². The molecule has 0 unspecified atom stereocenters. The van der Waals surface area contributed by atoms with Crippen LogP contribution < -0.4 is 9.47 Å². The first kappa shape index (κ1) is 21.2. The van der Waals surface area contributed by atoms with Crippen LogP contribution in [0.1, 0.15) is 32.6 Å². The number of benzene rings is 3. The molecule has 0 saturated heterocycles. The maximum absolute atomic E-state index is 11.8. The second kappa shape index (κ2) is 10.9. The Kier molecular flexibility index (Phi) is 7.69. The molecule has 3 aromatic carbocycles. The summed E-state index contributed by atoms with van der Waals surface area (Å²) in [4.78, 5) is 11.8. The van der Waals surface area contributed by atoms with E-state index in [4.69, 9.17) is 9.47 Å². The molecule has 3 heteroatoms. The third-order valence-corrected chi connectivity index (χ3v) is 4.80. The quantitative estimate of drug-likeness (QED) is 0.149. The van der Waals surface area contributed by atoms with Gasteiger partial charge in [-0.1, -0.05) is 74.2 Å². The monoisotopic (exact) mass is 398 g/mol. The molecule has 0 N–H and O–H groups in total. The van der Waals surface area contributed by atoms with E-state index in [2.05, 4.69) is 43.0 Å². The summed E-state index contributed by atoms with van der Waals surface area (Å²) in [6, 6.07) is 23.8. The summed E-state index contributed by atoms with van der Waals surface area (Å²) in [5.74, 6) is 6.25. The Morgan fingerprint density at radius 1 is 0.733 bits per heavy atom. The van der Waals surface area contributed by atoms with Gasteiger partial charge in [0.05, 0.1) is 7.11 Å². The Hall–Kier alpha value is -3.51. The highest BCUT2D eigenvalue weighted by molar-refractivity contribution is 5.90. The summed E-state index contributed by atoms with van der Waals surface area (Å²) >= 11 is 0. The van der Waals surface area contributed by atoms with Crippen molar-refractivity contribution in [2.24, 2.45) is 0 Å². The lowest BCUT2D eigenvalue weighted by Gasteiger charge is -2.07. The van der Waals surface area contributed by atoms with E-state index in [0.717, 1.165) is 53.7 Å². The third-order valence-electron chi connectivity index (χ3n) is 4.80. The molecule has 3 aromatic rings. The van der Waals surface area contributed by atoms with Crippen LogP contribution in [0.4, 0.5) is 0 Å². The topological polar surface area (TPSA) is 35.5 Å². The molecule has 0 aromatic heterocycles. The van der Waals surface area contributed by atoms with Gasteiger partial charge in [0.1, 0.15) is 11.5 Å². The number of unbranched alkanes of at least 4 members (excludes halogenated alkanes) is 3. The van der Waals surface area contributed by atoms with Crippen LogP contribution in [0, 0.1) is 11.8 Å². The van der Waals surface area contributed by atoms with Crippen molar-refractivity contribution in [3.63, 3.8) is 0 Å². The lowest BCUT2D eigenvalue weighted by atomic mass is 10.0. The standard InChI is InChI=1S/C27H26O3/c1-3-4-5-6-7-8-27(28)30-26-19-15-24(16-20-26)22-11-9-21(10-12-22)23-13-17-25(29-2)18-14-23/h9-20H,3-6H2,1-2H3. The second-order valence-electron chi connectivity index (χ2n) is 6.98. The lowest BCUT2D eigenvalue weighted by molar-refractivity contribution is -0.128. The number of ether oxygens (including phenoxy) is 2. The minimum atomic E-state index is -0.511. The normalized spacial score (nSPS) is 10.1. The van der Waals surface area contributed by atoms with Crippen LogP contribution in [0.2, 0.25) is 0 Å². The number of esters is 1. The number of rotatable bonds is 7. The first-order valence-electron chi connectivity index (χ1n) is 10.2. The number of hydrogen-bond acceptors (Lipinski definition) is 3. The zero-order valence-corrected chi connectivity index (χ0v) is 17.5. The predicted octanol–water partition coefficient (Wildman–Crippen LogP) is 6.52. The lowest BCUT2D eigenvalue weighted by Crippen LogP contribution is -2.04. The van der Waals surface area contributed by atoms with Crippen LogP contribution in [0.15, 0.2) is 72.8 Å². The number of carbonyl (C=O) groups excluding carboxylic acids is 1. The molecule has 0 spiro atoms. The molecule has 0 bridgehead atoms. The SMILES string of the molecule is CCCCCC#CC(=O)Oc1ccc(-c2ccc(-c3ccc(OC)cc3)cc2)cc1. The largest absolute Gasteiger partial charge is 0.497 e. The van der Waals surface area contributed by atoms with Crippen LogP contribution in [-0.4, -0.2) is 13.1 Å². The zero-order chi connectivity index (χ0) is 21.2. The Morgan fingerprint density at radius 3 is 1.67 bits per heavy atom. The van der Waals surface area contributed by atoms with Crippen molar-refractivity contribution in [1.82, 2.24) is 0 Å². The molecule has 0 saturated carbocycles. The molecule has 0 atom stereocenters. The van der Waals surface area contributed by atoms with Gasteiger partial charge in [-0.3, -0.25) is 0 Å². The minimum absolute atomic E-state index is 0.501. The van der Waals surface area contributed by atoms with E-state index in [1.54, 1.807) is 19.2 Å². The molecule has 3 rings (SSSR count). The highest BCUT2D eigenvalue weighted by Gasteiger charge is 2.04. The fourth-order valence-electron chi connectivity index (χ4n) is 3.08. The van der Waals surface area contributed by atoms with Crippen molar-refractivity contribution in [3.8, 4) is 45.6 Å². The number of carbonyl (C=O) groups is 1. The smallest absolute Gasteiger partial charge is 0.389 e. The van der Waals surface area contributed by atoms with Gasteiger partial charge >= 0.3 is 5.97 Å². The van der Waals surface area contributed by atoms with Gasteiger partial charge in [-0.25, -0.2) is 4.79 Å². The minimum Gasteiger partial charge on any atom is -0.497 e. The van der Waals surface area contributed by atoms with Gasteiger partial charge < -0.3 is 9.47 Å². The Labute approximate surface area is 178 Å². The van der Waals surface area contributed by atoms with Crippen LogP contribution in [0.25, 0.3) is 22.3 Å². The van der Waals surface area contributed by atoms with Crippen molar-refractivity contribution >= 4 is 5.97 Å². The summed E-state index contributed by atoms with van der Waals surface area (Å²) in [7, 11) is 1.66. The van der Waals surface area contributed by atoms with Gasteiger partial charge in [-0.15, -0.1) is 0 Å². The average molecular weight is 399 g/mol. The molecule has 0 radical (unpaired) electrons. The van der Waals surface area contributed by atoms with E-state index in [0.29, 0.717) is 5.75 Å². The zero-order valence-electron chi connectivity index (χ0n) is 17.5. The van der Waals surface area contributed by atoms with Crippen LogP contribution in [-0.2, 0) is 4.79 Å². The van der Waals surface area contributed by atoms with Crippen LogP contribution in [0.5, 0.6) is 11.5 Å². The van der Waals surface area contributed by atoms with Crippen molar-refractivity contribution < 1.29 is 14.3 Å². The summed E-state index contributed by atoms with van der Waals surface area (Å²) in [6.45, 7) is 2.14. The molecule has 0 fully saturated rings. The molecule has 30 heavy (non-hydrogen) atoms. The fourth-order valence-corrected chi connectivity index (χ4v) is 3.08.